The van der Waals surface area contributed by atoms with Gasteiger partial charge in [-0.15, -0.1) is 0 Å². The molecular formula is C43H74NO8P. The second kappa shape index (κ2) is 39.2. The van der Waals surface area contributed by atoms with Crippen molar-refractivity contribution < 1.29 is 37.6 Å². The van der Waals surface area contributed by atoms with Crippen LogP contribution in [0.4, 0.5) is 0 Å². The predicted octanol–water partition coefficient (Wildman–Crippen LogP) is 11.5. The van der Waals surface area contributed by atoms with Gasteiger partial charge in [-0.2, -0.15) is 0 Å². The minimum absolute atomic E-state index is 0.0425. The molecule has 9 nitrogen and oxygen atoms in total. The van der Waals surface area contributed by atoms with Crippen LogP contribution in [-0.4, -0.2) is 49.3 Å². The monoisotopic (exact) mass is 764 g/mol. The third-order valence-corrected chi connectivity index (χ3v) is 9.18. The Morgan fingerprint density at radius 2 is 1.04 bits per heavy atom. The number of nitrogens with two attached hydrogens (primary N) is 1. The van der Waals surface area contributed by atoms with Gasteiger partial charge in [0.05, 0.1) is 13.2 Å². The van der Waals surface area contributed by atoms with Gasteiger partial charge in [-0.05, 0) is 57.8 Å². The number of hydrogen-bond acceptors (Lipinski definition) is 8. The first-order valence-electron chi connectivity index (χ1n) is 20.5. The number of allylic oxidation sites excluding steroid dienone is 12. The number of rotatable bonds is 37. The van der Waals surface area contributed by atoms with Crippen molar-refractivity contribution in [2.24, 2.45) is 5.73 Å². The fourth-order valence-corrected chi connectivity index (χ4v) is 5.93. The van der Waals surface area contributed by atoms with E-state index in [4.69, 9.17) is 24.3 Å². The lowest BCUT2D eigenvalue weighted by Gasteiger charge is -2.19. The van der Waals surface area contributed by atoms with Gasteiger partial charge in [0.25, 0.3) is 0 Å². The lowest BCUT2D eigenvalue weighted by Crippen LogP contribution is -2.29. The van der Waals surface area contributed by atoms with Crippen LogP contribution in [0.5, 0.6) is 0 Å². The molecule has 0 saturated carbocycles. The van der Waals surface area contributed by atoms with E-state index >= 15 is 0 Å². The number of esters is 2. The second-order valence-electron chi connectivity index (χ2n) is 13.2. The van der Waals surface area contributed by atoms with Gasteiger partial charge in [0.15, 0.2) is 6.10 Å². The molecule has 2 unspecified atom stereocenters. The van der Waals surface area contributed by atoms with E-state index in [-0.39, 0.29) is 32.6 Å². The molecule has 0 fully saturated rings. The minimum atomic E-state index is -4.39. The summed E-state index contributed by atoms with van der Waals surface area (Å²) >= 11 is 0. The van der Waals surface area contributed by atoms with Crippen LogP contribution < -0.4 is 5.73 Å². The Kier molecular flexibility index (Phi) is 37.3. The molecule has 0 aliphatic heterocycles. The number of phosphoric ester groups is 1. The van der Waals surface area contributed by atoms with E-state index in [1.807, 2.05) is 36.5 Å². The van der Waals surface area contributed by atoms with E-state index in [2.05, 4.69) is 50.3 Å². The lowest BCUT2D eigenvalue weighted by molar-refractivity contribution is -0.161. The smallest absolute Gasteiger partial charge is 0.462 e. The van der Waals surface area contributed by atoms with Gasteiger partial charge < -0.3 is 20.1 Å². The van der Waals surface area contributed by atoms with Crippen molar-refractivity contribution in [3.8, 4) is 0 Å². The molecule has 0 aromatic rings. The third kappa shape index (κ3) is 39.0. The maximum absolute atomic E-state index is 12.5. The summed E-state index contributed by atoms with van der Waals surface area (Å²) in [5, 5.41) is 0. The highest BCUT2D eigenvalue weighted by Crippen LogP contribution is 2.43. The van der Waals surface area contributed by atoms with Crippen LogP contribution >= 0.6 is 7.82 Å². The molecule has 10 heteroatoms. The average molecular weight is 764 g/mol. The zero-order valence-corrected chi connectivity index (χ0v) is 34.1. The molecule has 0 aliphatic carbocycles. The largest absolute Gasteiger partial charge is 0.472 e. The summed E-state index contributed by atoms with van der Waals surface area (Å²) in [5.41, 5.74) is 5.33. The van der Waals surface area contributed by atoms with Crippen LogP contribution in [0, 0.1) is 0 Å². The minimum Gasteiger partial charge on any atom is -0.462 e. The molecule has 0 rings (SSSR count). The van der Waals surface area contributed by atoms with Gasteiger partial charge in [-0.3, -0.25) is 18.6 Å². The normalized spacial score (nSPS) is 14.1. The Morgan fingerprint density at radius 3 is 1.58 bits per heavy atom. The molecule has 53 heavy (non-hydrogen) atoms. The quantitative estimate of drug-likeness (QED) is 0.0274. The van der Waals surface area contributed by atoms with E-state index in [0.29, 0.717) is 6.42 Å². The van der Waals surface area contributed by atoms with Gasteiger partial charge in [-0.25, -0.2) is 4.57 Å². The van der Waals surface area contributed by atoms with Gasteiger partial charge in [0.2, 0.25) is 0 Å². The highest BCUT2D eigenvalue weighted by molar-refractivity contribution is 7.47. The molecule has 2 atom stereocenters. The zero-order valence-electron chi connectivity index (χ0n) is 33.2. The molecule has 0 radical (unpaired) electrons. The Hall–Kier alpha value is -2.55. The molecule has 0 heterocycles. The standard InChI is InChI=1S/C43H74NO8P/c1-3-5-7-9-11-13-15-17-18-19-20-21-22-24-25-27-29-31-33-35-42(45)49-39-41(40-51-53(47,48)50-38-37-44)52-43(46)36-34-32-30-28-26-23-16-14-12-10-8-6-4-2/h6,8,10-17,23,26,41H,3-5,7,9,18-22,24-25,27-40,44H2,1-2H3,(H,47,48)/b8-6+,12-10+,13-11+,16-14+,17-15+,26-23+. The van der Waals surface area contributed by atoms with Gasteiger partial charge in [-0.1, -0.05) is 157 Å². The van der Waals surface area contributed by atoms with E-state index < -0.39 is 32.5 Å². The van der Waals surface area contributed by atoms with Crippen molar-refractivity contribution in [1.29, 1.82) is 0 Å². The molecular weight excluding hydrogens is 689 g/mol. The molecule has 0 amide bonds. The number of unbranched alkanes of at least 4 members (excludes halogenated alkanes) is 16. The number of carbonyl (C=O) groups is 2. The van der Waals surface area contributed by atoms with Crippen LogP contribution in [0.2, 0.25) is 0 Å². The van der Waals surface area contributed by atoms with Crippen molar-refractivity contribution in [1.82, 2.24) is 0 Å². The predicted molar refractivity (Wildman–Crippen MR) is 219 cm³/mol. The summed E-state index contributed by atoms with van der Waals surface area (Å²) in [6, 6.07) is 0. The zero-order chi connectivity index (χ0) is 38.9. The van der Waals surface area contributed by atoms with Crippen molar-refractivity contribution in [2.75, 3.05) is 26.4 Å². The topological polar surface area (TPSA) is 134 Å². The molecule has 0 saturated heterocycles. The molecule has 3 N–H and O–H groups in total. The number of hydrogen-bond donors (Lipinski definition) is 2. The highest BCUT2D eigenvalue weighted by Gasteiger charge is 2.25. The highest BCUT2D eigenvalue weighted by atomic mass is 31.2. The Morgan fingerprint density at radius 1 is 0.585 bits per heavy atom. The maximum Gasteiger partial charge on any atom is 0.472 e. The van der Waals surface area contributed by atoms with E-state index in [0.717, 1.165) is 57.8 Å². The van der Waals surface area contributed by atoms with Crippen LogP contribution in [0.1, 0.15) is 155 Å². The van der Waals surface area contributed by atoms with Crippen LogP contribution in [0.15, 0.2) is 72.9 Å². The molecule has 0 bridgehead atoms. The SMILES string of the molecule is CC/C=C/C=C/C=C/C=C/CCCCCC(=O)OC(COC(=O)CCCCCCCCCCCC/C=C/C=C/CCCCC)COP(=O)(O)OCCN. The second-order valence-corrected chi connectivity index (χ2v) is 14.7. The summed E-state index contributed by atoms with van der Waals surface area (Å²) < 4.78 is 32.7. The fraction of sp³-hybridized carbons (Fsp3) is 0.674. The van der Waals surface area contributed by atoms with Crippen molar-refractivity contribution in [3.63, 3.8) is 0 Å². The first kappa shape index (κ1) is 50.5. The molecule has 0 aromatic heterocycles. The number of phosphoric acid groups is 1. The van der Waals surface area contributed by atoms with Gasteiger partial charge in [0.1, 0.15) is 6.61 Å². The summed E-state index contributed by atoms with van der Waals surface area (Å²) in [4.78, 5) is 34.8. The lowest BCUT2D eigenvalue weighted by atomic mass is 10.1. The summed E-state index contributed by atoms with van der Waals surface area (Å²) in [5.74, 6) is -0.885. The Balaban J connectivity index is 4.21. The van der Waals surface area contributed by atoms with E-state index in [1.54, 1.807) is 0 Å². The summed E-state index contributed by atoms with van der Waals surface area (Å²) in [7, 11) is -4.39. The van der Waals surface area contributed by atoms with Crippen molar-refractivity contribution >= 4 is 19.8 Å². The van der Waals surface area contributed by atoms with Crippen LogP contribution in [-0.2, 0) is 32.7 Å². The van der Waals surface area contributed by atoms with E-state index in [1.165, 1.54) is 64.2 Å². The van der Waals surface area contributed by atoms with Crippen molar-refractivity contribution in [2.45, 2.75) is 161 Å². The van der Waals surface area contributed by atoms with Crippen LogP contribution in [0.25, 0.3) is 0 Å². The van der Waals surface area contributed by atoms with E-state index in [9.17, 15) is 19.0 Å². The molecule has 0 spiro atoms. The number of ether oxygens (including phenoxy) is 2. The Labute approximate surface area is 322 Å². The molecule has 0 aliphatic rings. The van der Waals surface area contributed by atoms with Crippen LogP contribution in [0.3, 0.4) is 0 Å². The Bertz CT molecular complexity index is 1100. The first-order valence-corrected chi connectivity index (χ1v) is 22.0. The van der Waals surface area contributed by atoms with Crippen molar-refractivity contribution in [3.05, 3.63) is 72.9 Å². The molecule has 304 valence electrons. The summed E-state index contributed by atoms with van der Waals surface area (Å²) in [6.07, 6.45) is 46.5. The average Bonchev–Trinajstić information content (AvgIpc) is 3.14. The third-order valence-electron chi connectivity index (χ3n) is 8.20. The first-order chi connectivity index (χ1) is 25.8. The number of carbonyl (C=O) groups excluding carboxylic acids is 2. The maximum atomic E-state index is 12.5. The van der Waals surface area contributed by atoms with Gasteiger partial charge in [0, 0.05) is 19.4 Å². The molecule has 0 aromatic carbocycles. The summed E-state index contributed by atoms with van der Waals surface area (Å²) in [6.45, 7) is 3.49. The van der Waals surface area contributed by atoms with Gasteiger partial charge >= 0.3 is 19.8 Å². The fourth-order valence-electron chi connectivity index (χ4n) is 5.16.